The van der Waals surface area contributed by atoms with Crippen LogP contribution < -0.4 is 10.2 Å². The van der Waals surface area contributed by atoms with E-state index in [0.717, 1.165) is 0 Å². The first-order valence-electron chi connectivity index (χ1n) is 10.6. The van der Waals surface area contributed by atoms with Crippen molar-refractivity contribution in [3.63, 3.8) is 0 Å². The van der Waals surface area contributed by atoms with Crippen LogP contribution in [0.2, 0.25) is 0 Å². The summed E-state index contributed by atoms with van der Waals surface area (Å²) in [6.45, 7) is 6.43. The Morgan fingerprint density at radius 1 is 1.28 bits per heavy atom. The first-order chi connectivity index (χ1) is 15.4. The Morgan fingerprint density at radius 2 is 2.06 bits per heavy atom. The molecular formula is C22H26FN5O4. The van der Waals surface area contributed by atoms with E-state index >= 15 is 0 Å². The largest absolute Gasteiger partial charge is 0.447 e. The number of aromatic nitrogens is 2. The van der Waals surface area contributed by atoms with Crippen molar-refractivity contribution in [1.82, 2.24) is 14.9 Å². The van der Waals surface area contributed by atoms with Crippen LogP contribution in [0.15, 0.2) is 30.5 Å². The monoisotopic (exact) mass is 443 g/mol. The summed E-state index contributed by atoms with van der Waals surface area (Å²) in [4.78, 5) is 36.4. The summed E-state index contributed by atoms with van der Waals surface area (Å²) in [5, 5.41) is 3.04. The van der Waals surface area contributed by atoms with E-state index < -0.39 is 11.9 Å². The number of halogens is 1. The predicted octanol–water partition coefficient (Wildman–Crippen LogP) is 2.68. The molecule has 0 spiro atoms. The van der Waals surface area contributed by atoms with Gasteiger partial charge in [0.15, 0.2) is 0 Å². The van der Waals surface area contributed by atoms with E-state index in [1.807, 2.05) is 13.8 Å². The summed E-state index contributed by atoms with van der Waals surface area (Å²) in [6, 6.07) is 6.07. The first-order valence-corrected chi connectivity index (χ1v) is 10.6. The number of morpholine rings is 1. The number of carbonyl (C=O) groups excluding carboxylic acids is 2. The summed E-state index contributed by atoms with van der Waals surface area (Å²) in [5.74, 6) is 0.0444. The Morgan fingerprint density at radius 3 is 2.78 bits per heavy atom. The van der Waals surface area contributed by atoms with Gasteiger partial charge in [-0.05, 0) is 29.7 Å². The molecule has 9 nitrogen and oxygen atoms in total. The molecule has 1 aromatic heterocycles. The van der Waals surface area contributed by atoms with E-state index in [1.54, 1.807) is 23.2 Å². The number of ether oxygens (including phenoxy) is 2. The molecule has 1 atom stereocenters. The number of hydrogen-bond donors (Lipinski definition) is 1. The molecule has 3 heterocycles. The predicted molar refractivity (Wildman–Crippen MR) is 115 cm³/mol. The third-order valence-electron chi connectivity index (χ3n) is 5.58. The van der Waals surface area contributed by atoms with Gasteiger partial charge >= 0.3 is 6.09 Å². The number of amides is 2. The highest BCUT2D eigenvalue weighted by Gasteiger charge is 2.37. The normalized spacial score (nSPS) is 18.8. The fourth-order valence-electron chi connectivity index (χ4n) is 3.72. The Bertz CT molecular complexity index is 996. The molecule has 4 rings (SSSR count). The number of nitrogens with one attached hydrogen (secondary N) is 1. The molecule has 1 aromatic carbocycles. The minimum Gasteiger partial charge on any atom is -0.447 e. The smallest absolute Gasteiger partial charge is 0.415 e. The van der Waals surface area contributed by atoms with Crippen molar-refractivity contribution >= 4 is 23.8 Å². The second kappa shape index (κ2) is 9.47. The van der Waals surface area contributed by atoms with E-state index in [1.165, 1.54) is 17.0 Å². The maximum absolute atomic E-state index is 14.6. The maximum Gasteiger partial charge on any atom is 0.415 e. The zero-order valence-corrected chi connectivity index (χ0v) is 18.1. The fraction of sp³-hybridized carbons (Fsp3) is 0.455. The lowest BCUT2D eigenvalue weighted by atomic mass is 10.0. The number of hydrogen-bond acceptors (Lipinski definition) is 7. The zero-order valence-electron chi connectivity index (χ0n) is 18.1. The maximum atomic E-state index is 14.6. The van der Waals surface area contributed by atoms with Crippen LogP contribution in [0.5, 0.6) is 0 Å². The molecule has 2 saturated heterocycles. The molecule has 10 heteroatoms. The van der Waals surface area contributed by atoms with Crippen molar-refractivity contribution in [2.75, 3.05) is 43.1 Å². The lowest BCUT2D eigenvalue weighted by Crippen LogP contribution is -2.41. The molecule has 0 bridgehead atoms. The van der Waals surface area contributed by atoms with Crippen molar-refractivity contribution in [1.29, 1.82) is 0 Å². The van der Waals surface area contributed by atoms with E-state index in [2.05, 4.69) is 15.3 Å². The Balaban J connectivity index is 1.43. The second-order valence-corrected chi connectivity index (χ2v) is 8.07. The lowest BCUT2D eigenvalue weighted by molar-refractivity contribution is 0.0300. The average Bonchev–Trinajstić information content (AvgIpc) is 3.20. The Hall–Kier alpha value is -3.27. The highest BCUT2D eigenvalue weighted by Crippen LogP contribution is 2.26. The van der Waals surface area contributed by atoms with Crippen LogP contribution >= 0.6 is 0 Å². The van der Waals surface area contributed by atoms with Crippen LogP contribution in [-0.4, -0.2) is 65.8 Å². The van der Waals surface area contributed by atoms with Gasteiger partial charge < -0.3 is 19.7 Å². The van der Waals surface area contributed by atoms with Gasteiger partial charge in [-0.2, -0.15) is 4.98 Å². The average molecular weight is 443 g/mol. The summed E-state index contributed by atoms with van der Waals surface area (Å²) in [7, 11) is 0. The van der Waals surface area contributed by atoms with Crippen LogP contribution in [0.3, 0.4) is 0 Å². The van der Waals surface area contributed by atoms with Gasteiger partial charge in [-0.1, -0.05) is 19.9 Å². The minimum absolute atomic E-state index is 0.0428. The quantitative estimate of drug-likeness (QED) is 0.733. The molecular weight excluding hydrogens is 417 g/mol. The van der Waals surface area contributed by atoms with Crippen LogP contribution in [0.4, 0.5) is 21.0 Å². The van der Waals surface area contributed by atoms with Gasteiger partial charge in [0.1, 0.15) is 18.2 Å². The van der Waals surface area contributed by atoms with E-state index in [4.69, 9.17) is 9.47 Å². The van der Waals surface area contributed by atoms with Crippen molar-refractivity contribution in [2.24, 2.45) is 5.92 Å². The molecule has 0 aliphatic carbocycles. The topological polar surface area (TPSA) is 96.9 Å². The van der Waals surface area contributed by atoms with Crippen molar-refractivity contribution in [3.05, 3.63) is 47.4 Å². The molecule has 0 radical (unpaired) electrons. The molecule has 2 aliphatic heterocycles. The number of carbonyl (C=O) groups is 2. The number of benzene rings is 1. The van der Waals surface area contributed by atoms with Gasteiger partial charge in [0.05, 0.1) is 24.8 Å². The fourth-order valence-corrected chi connectivity index (χ4v) is 3.72. The van der Waals surface area contributed by atoms with Gasteiger partial charge in [-0.15, -0.1) is 0 Å². The van der Waals surface area contributed by atoms with E-state index in [0.29, 0.717) is 50.2 Å². The standard InChI is InChI=1S/C22H26FN5O4/c1-14(2)18-13-32-22(30)28(18)19-5-6-24-21(26-19)25-12-15-3-4-16(17(23)11-15)20(29)27-7-9-31-10-8-27/h3-6,11,14,18H,7-10,12-13H2,1-2H3,(H,24,25,26). The van der Waals surface area contributed by atoms with Crippen molar-refractivity contribution < 1.29 is 23.5 Å². The highest BCUT2D eigenvalue weighted by molar-refractivity contribution is 5.94. The number of anilines is 2. The van der Waals surface area contributed by atoms with E-state index in [9.17, 15) is 14.0 Å². The molecule has 2 aliphatic rings. The summed E-state index contributed by atoms with van der Waals surface area (Å²) < 4.78 is 25.0. The van der Waals surface area contributed by atoms with Gasteiger partial charge in [0.2, 0.25) is 5.95 Å². The third kappa shape index (κ3) is 4.64. The highest BCUT2D eigenvalue weighted by atomic mass is 19.1. The molecule has 1 N–H and O–H groups in total. The Kier molecular flexibility index (Phi) is 6.50. The van der Waals surface area contributed by atoms with Gasteiger partial charge in [0.25, 0.3) is 5.91 Å². The van der Waals surface area contributed by atoms with Crippen LogP contribution in [0, 0.1) is 11.7 Å². The van der Waals surface area contributed by atoms with Crippen LogP contribution in [-0.2, 0) is 16.0 Å². The summed E-state index contributed by atoms with van der Waals surface area (Å²) >= 11 is 0. The number of cyclic esters (lactones) is 1. The second-order valence-electron chi connectivity index (χ2n) is 8.07. The minimum atomic E-state index is -0.574. The lowest BCUT2D eigenvalue weighted by Gasteiger charge is -2.27. The molecule has 2 fully saturated rings. The molecule has 0 saturated carbocycles. The first kappa shape index (κ1) is 21.9. The summed E-state index contributed by atoms with van der Waals surface area (Å²) in [6.07, 6.45) is 1.12. The molecule has 32 heavy (non-hydrogen) atoms. The van der Waals surface area contributed by atoms with Crippen molar-refractivity contribution in [2.45, 2.75) is 26.4 Å². The molecule has 2 amide bonds. The van der Waals surface area contributed by atoms with E-state index in [-0.39, 0.29) is 30.0 Å². The van der Waals surface area contributed by atoms with Gasteiger partial charge in [0, 0.05) is 25.8 Å². The van der Waals surface area contributed by atoms with Gasteiger partial charge in [-0.25, -0.2) is 14.2 Å². The number of rotatable bonds is 6. The Labute approximate surface area is 185 Å². The number of nitrogens with zero attached hydrogens (tertiary/aromatic N) is 4. The SMILES string of the molecule is CC(C)C1COC(=O)N1c1ccnc(NCc2ccc(C(=O)N3CCOCC3)c(F)c2)n1. The van der Waals surface area contributed by atoms with Crippen LogP contribution in [0.1, 0.15) is 29.8 Å². The molecule has 170 valence electrons. The van der Waals surface area contributed by atoms with Gasteiger partial charge in [-0.3, -0.25) is 9.69 Å². The summed E-state index contributed by atoms with van der Waals surface area (Å²) in [5.41, 5.74) is 0.678. The van der Waals surface area contributed by atoms with Crippen LogP contribution in [0.25, 0.3) is 0 Å². The molecule has 2 aromatic rings. The molecule has 1 unspecified atom stereocenters. The zero-order chi connectivity index (χ0) is 22.7. The van der Waals surface area contributed by atoms with Crippen molar-refractivity contribution in [3.8, 4) is 0 Å². The third-order valence-corrected chi connectivity index (χ3v) is 5.58.